The lowest BCUT2D eigenvalue weighted by molar-refractivity contribution is -0.119. The number of nitrogens with one attached hydrogen (secondary N) is 2. The van der Waals surface area contributed by atoms with Crippen LogP contribution in [0.5, 0.6) is 0 Å². The van der Waals surface area contributed by atoms with E-state index in [1.54, 1.807) is 18.2 Å². The van der Waals surface area contributed by atoms with E-state index in [1.165, 1.54) is 31.0 Å². The van der Waals surface area contributed by atoms with E-state index >= 15 is 0 Å². The van der Waals surface area contributed by atoms with Crippen LogP contribution in [-0.4, -0.2) is 39.8 Å². The molecule has 0 spiro atoms. The molecule has 2 aromatic rings. The Morgan fingerprint density at radius 2 is 1.86 bits per heavy atom. The van der Waals surface area contributed by atoms with Gasteiger partial charge in [0.05, 0.1) is 4.90 Å². The molecule has 0 atom stereocenters. The fourth-order valence-electron chi connectivity index (χ4n) is 3.67. The number of hydrogen-bond acceptors (Lipinski definition) is 5. The van der Waals surface area contributed by atoms with Crippen molar-refractivity contribution in [1.82, 2.24) is 10.0 Å². The van der Waals surface area contributed by atoms with Crippen LogP contribution in [0.1, 0.15) is 30.4 Å². The van der Waals surface area contributed by atoms with Crippen LogP contribution >= 0.6 is 0 Å². The summed E-state index contributed by atoms with van der Waals surface area (Å²) in [6, 6.07) is 14.8. The van der Waals surface area contributed by atoms with Gasteiger partial charge in [-0.3, -0.25) is 14.5 Å². The number of hydrogen-bond donors (Lipinski definition) is 2. The molecular weight excluding hydrogens is 388 g/mol. The first kappa shape index (κ1) is 19.4. The number of carbonyl (C=O) groups excluding carboxylic acids is 1. The summed E-state index contributed by atoms with van der Waals surface area (Å²) in [5, 5.41) is 2.86. The lowest BCUT2D eigenvalue weighted by Crippen LogP contribution is -2.30. The summed E-state index contributed by atoms with van der Waals surface area (Å²) in [5.41, 5.74) is 2.71. The maximum absolute atomic E-state index is 12.2. The topological polar surface area (TPSA) is 90.9 Å². The smallest absolute Gasteiger partial charge is 0.263 e. The van der Waals surface area contributed by atoms with E-state index in [4.69, 9.17) is 0 Å². The predicted molar refractivity (Wildman–Crippen MR) is 113 cm³/mol. The highest BCUT2D eigenvalue weighted by molar-refractivity contribution is 7.90. The molecule has 2 aliphatic heterocycles. The van der Waals surface area contributed by atoms with Crippen molar-refractivity contribution in [3.05, 3.63) is 59.7 Å². The summed E-state index contributed by atoms with van der Waals surface area (Å²) < 4.78 is 26.6. The van der Waals surface area contributed by atoms with Gasteiger partial charge in [-0.15, -0.1) is 0 Å². The van der Waals surface area contributed by atoms with Crippen LogP contribution in [0.3, 0.4) is 0 Å². The van der Waals surface area contributed by atoms with E-state index in [2.05, 4.69) is 32.1 Å². The molecule has 2 heterocycles. The van der Waals surface area contributed by atoms with Gasteiger partial charge in [0, 0.05) is 30.9 Å². The molecular formula is C21H24N4O3S. The van der Waals surface area contributed by atoms with Gasteiger partial charge in [-0.05, 0) is 49.1 Å². The van der Waals surface area contributed by atoms with E-state index in [-0.39, 0.29) is 23.2 Å². The third-order valence-corrected chi connectivity index (χ3v) is 6.56. The molecule has 0 aromatic heterocycles. The van der Waals surface area contributed by atoms with Crippen LogP contribution in [0.4, 0.5) is 5.69 Å². The van der Waals surface area contributed by atoms with Gasteiger partial charge < -0.3 is 10.2 Å². The van der Waals surface area contributed by atoms with Gasteiger partial charge >= 0.3 is 0 Å². The number of carbonyl (C=O) groups is 1. The number of aliphatic imine (C=N–C) groups is 1. The largest absolute Gasteiger partial charge is 0.372 e. The van der Waals surface area contributed by atoms with Crippen LogP contribution in [0.2, 0.25) is 0 Å². The van der Waals surface area contributed by atoms with E-state index < -0.39 is 10.0 Å². The standard InChI is InChI=1S/C21H24N4O3S/c26-20(15-23-21-18-9-2-3-10-19(18)29(27,28)24-21)22-14-16-7-6-8-17(13-16)25-11-4-1-5-12-25/h2-3,6-10,13H,1,4-5,11-12,14-15H2,(H,22,26)(H,23,24). The van der Waals surface area contributed by atoms with Crippen molar-refractivity contribution in [3.63, 3.8) is 0 Å². The highest BCUT2D eigenvalue weighted by atomic mass is 32.2. The average Bonchev–Trinajstić information content (AvgIpc) is 3.02. The molecule has 2 aromatic carbocycles. The molecule has 1 amide bonds. The summed E-state index contributed by atoms with van der Waals surface area (Å²) in [6.45, 7) is 2.42. The number of rotatable bonds is 5. The van der Waals surface area contributed by atoms with Gasteiger partial charge in [0.2, 0.25) is 5.91 Å². The van der Waals surface area contributed by atoms with E-state index in [1.807, 2.05) is 12.1 Å². The second-order valence-corrected chi connectivity index (χ2v) is 8.91. The second kappa shape index (κ2) is 8.24. The summed E-state index contributed by atoms with van der Waals surface area (Å²) >= 11 is 0. The molecule has 4 rings (SSSR count). The molecule has 1 fully saturated rings. The summed E-state index contributed by atoms with van der Waals surface area (Å²) in [5.74, 6) is -0.0488. The van der Waals surface area contributed by atoms with E-state index in [0.29, 0.717) is 12.1 Å². The summed E-state index contributed by atoms with van der Waals surface area (Å²) in [4.78, 5) is 19.0. The predicted octanol–water partition coefficient (Wildman–Crippen LogP) is 2.03. The first-order valence-electron chi connectivity index (χ1n) is 9.80. The van der Waals surface area contributed by atoms with Crippen LogP contribution in [0, 0.1) is 0 Å². The van der Waals surface area contributed by atoms with Crippen molar-refractivity contribution in [2.75, 3.05) is 24.5 Å². The van der Waals surface area contributed by atoms with E-state index in [9.17, 15) is 13.2 Å². The number of nitrogens with zero attached hydrogens (tertiary/aromatic N) is 2. The number of piperidine rings is 1. The summed E-state index contributed by atoms with van der Waals surface area (Å²) in [6.07, 6.45) is 3.72. The molecule has 1 saturated heterocycles. The fraction of sp³-hybridized carbons (Fsp3) is 0.333. The molecule has 29 heavy (non-hydrogen) atoms. The highest BCUT2D eigenvalue weighted by Gasteiger charge is 2.30. The highest BCUT2D eigenvalue weighted by Crippen LogP contribution is 2.22. The zero-order valence-electron chi connectivity index (χ0n) is 16.1. The molecule has 8 heteroatoms. The molecule has 0 saturated carbocycles. The first-order chi connectivity index (χ1) is 14.0. The Labute approximate surface area is 170 Å². The minimum absolute atomic E-state index is 0.141. The Bertz CT molecular complexity index is 1040. The third kappa shape index (κ3) is 4.42. The number of fused-ring (bicyclic) bond motifs is 1. The fourth-order valence-corrected chi connectivity index (χ4v) is 4.92. The van der Waals surface area contributed by atoms with E-state index in [0.717, 1.165) is 18.7 Å². The average molecular weight is 413 g/mol. The van der Waals surface area contributed by atoms with Gasteiger partial charge in [-0.2, -0.15) is 0 Å². The van der Waals surface area contributed by atoms with Crippen molar-refractivity contribution in [3.8, 4) is 0 Å². The SMILES string of the molecule is O=C(CN=C1NS(=O)(=O)c2ccccc21)NCc1cccc(N2CCCCC2)c1. The van der Waals surface area contributed by atoms with Crippen molar-refractivity contribution in [1.29, 1.82) is 0 Å². The Morgan fingerprint density at radius 3 is 2.69 bits per heavy atom. The molecule has 2 N–H and O–H groups in total. The Hall–Kier alpha value is -2.87. The minimum Gasteiger partial charge on any atom is -0.372 e. The Balaban J connectivity index is 1.36. The number of amidine groups is 1. The minimum atomic E-state index is -3.59. The van der Waals surface area contributed by atoms with Gasteiger partial charge in [0.25, 0.3) is 10.0 Å². The zero-order chi connectivity index (χ0) is 20.3. The van der Waals surface area contributed by atoms with Crippen molar-refractivity contribution in [2.45, 2.75) is 30.7 Å². The third-order valence-electron chi connectivity index (χ3n) is 5.16. The number of benzene rings is 2. The van der Waals surface area contributed by atoms with Crippen LogP contribution in [-0.2, 0) is 21.4 Å². The monoisotopic (exact) mass is 412 g/mol. The van der Waals surface area contributed by atoms with Crippen molar-refractivity contribution < 1.29 is 13.2 Å². The molecule has 152 valence electrons. The molecule has 0 radical (unpaired) electrons. The van der Waals surface area contributed by atoms with Gasteiger partial charge in [0.1, 0.15) is 12.4 Å². The maximum Gasteiger partial charge on any atom is 0.263 e. The molecule has 0 aliphatic carbocycles. The number of anilines is 1. The van der Waals surface area contributed by atoms with Crippen molar-refractivity contribution in [2.24, 2.45) is 4.99 Å². The van der Waals surface area contributed by atoms with Gasteiger partial charge in [-0.25, -0.2) is 8.42 Å². The second-order valence-electron chi connectivity index (χ2n) is 7.26. The number of amides is 1. The van der Waals surface area contributed by atoms with Crippen LogP contribution in [0.25, 0.3) is 0 Å². The molecule has 0 bridgehead atoms. The normalized spacial score (nSPS) is 18.9. The molecule has 2 aliphatic rings. The van der Waals surface area contributed by atoms with Gasteiger partial charge in [0.15, 0.2) is 0 Å². The van der Waals surface area contributed by atoms with Gasteiger partial charge in [-0.1, -0.05) is 24.3 Å². The number of sulfonamides is 1. The van der Waals surface area contributed by atoms with Crippen molar-refractivity contribution >= 4 is 27.5 Å². The lowest BCUT2D eigenvalue weighted by atomic mass is 10.1. The summed E-state index contributed by atoms with van der Waals surface area (Å²) in [7, 11) is -3.59. The van der Waals surface area contributed by atoms with Crippen LogP contribution in [0.15, 0.2) is 58.4 Å². The lowest BCUT2D eigenvalue weighted by Gasteiger charge is -2.29. The Kier molecular flexibility index (Phi) is 5.53. The molecule has 7 nitrogen and oxygen atoms in total. The maximum atomic E-state index is 12.2. The first-order valence-corrected chi connectivity index (χ1v) is 11.3. The zero-order valence-corrected chi connectivity index (χ0v) is 16.9. The van der Waals surface area contributed by atoms with Crippen LogP contribution < -0.4 is 14.9 Å². The quantitative estimate of drug-likeness (QED) is 0.786. The molecule has 0 unspecified atom stereocenters. The Morgan fingerprint density at radius 1 is 1.07 bits per heavy atom.